The Labute approximate surface area is 346 Å². The van der Waals surface area contributed by atoms with Gasteiger partial charge in [0.1, 0.15) is 25.0 Å². The summed E-state index contributed by atoms with van der Waals surface area (Å²) in [5.74, 6) is -5.30. The maximum Gasteiger partial charge on any atom is 0.335 e. The maximum absolute atomic E-state index is 13.8. The van der Waals surface area contributed by atoms with E-state index in [2.05, 4.69) is 32.8 Å². The molecule has 2 aliphatic carbocycles. The fraction of sp³-hybridized carbons (Fsp3) is 0.585. The van der Waals surface area contributed by atoms with Gasteiger partial charge in [0.15, 0.2) is 6.10 Å². The van der Waals surface area contributed by atoms with Gasteiger partial charge in [0, 0.05) is 42.4 Å². The Balaban J connectivity index is 0.999. The van der Waals surface area contributed by atoms with Gasteiger partial charge in [-0.2, -0.15) is 0 Å². The summed E-state index contributed by atoms with van der Waals surface area (Å²) in [6.07, 6.45) is 3.55. The number of hydrogen-bond donors (Lipinski definition) is 7. The smallest absolute Gasteiger partial charge is 0.335 e. The predicted octanol–water partition coefficient (Wildman–Crippen LogP) is -1.57. The van der Waals surface area contributed by atoms with Crippen LogP contribution in [0.5, 0.6) is 0 Å². The molecule has 2 bridgehead atoms. The van der Waals surface area contributed by atoms with Gasteiger partial charge in [0.05, 0.1) is 44.6 Å². The molecule has 2 saturated heterocycles. The quantitative estimate of drug-likeness (QED) is 0.0258. The summed E-state index contributed by atoms with van der Waals surface area (Å²) in [5.41, 5.74) is 2.04. The molecule has 6 rings (SSSR count). The number of amides is 6. The first-order valence-corrected chi connectivity index (χ1v) is 20.1. The Morgan fingerprint density at radius 3 is 2.35 bits per heavy atom. The number of ether oxygens (including phenoxy) is 4. The van der Waals surface area contributed by atoms with Crippen LogP contribution < -0.4 is 26.7 Å². The number of aliphatic hydroxyl groups excluding tert-OH is 2. The standard InChI is InChI=1S/C41H54N6O13/c1-24-11-13-40(29(15-24)60-30-17-28(49)39(40,3)41(30)22-59-41)21-57-38(56)36(25(2)12-14-48)58-23-44-31(50)18-43-37(55)27(16-26-7-5-4-6-8-26)46-33(52)19-42-32(51)20-45-47-34(53)9-10-35(47)54/h4-10,15,25,27-30,36,45,48-49H,11-14,16-23H2,1-3H3,(H,42,51)(H,43,55)(H,44,50)(H,46,52)/t25-,27+,28-,29?,30-,36+,39-,40-,41+/m1/s1. The summed E-state index contributed by atoms with van der Waals surface area (Å²) in [4.78, 5) is 88.3. The van der Waals surface area contributed by atoms with E-state index in [4.69, 9.17) is 18.9 Å². The molecule has 6 amide bonds. The van der Waals surface area contributed by atoms with E-state index in [-0.39, 0.29) is 32.2 Å². The molecule has 1 unspecified atom stereocenters. The molecule has 60 heavy (non-hydrogen) atoms. The number of epoxide rings is 1. The van der Waals surface area contributed by atoms with Gasteiger partial charge in [-0.1, -0.05) is 55.8 Å². The Bertz CT molecular complexity index is 1870. The lowest BCUT2D eigenvalue weighted by molar-refractivity contribution is -0.232. The first kappa shape index (κ1) is 44.5. The molecule has 1 aromatic carbocycles. The summed E-state index contributed by atoms with van der Waals surface area (Å²) >= 11 is 0. The van der Waals surface area contributed by atoms with E-state index in [1.165, 1.54) is 0 Å². The number of nitrogens with one attached hydrogen (secondary N) is 5. The number of fused-ring (bicyclic) bond motifs is 2. The minimum Gasteiger partial charge on any atom is -0.463 e. The van der Waals surface area contributed by atoms with E-state index in [1.54, 1.807) is 37.3 Å². The summed E-state index contributed by atoms with van der Waals surface area (Å²) in [7, 11) is 0. The molecule has 1 aromatic rings. The third-order valence-electron chi connectivity index (χ3n) is 12.6. The fourth-order valence-corrected chi connectivity index (χ4v) is 8.92. The van der Waals surface area contributed by atoms with Crippen LogP contribution in [-0.4, -0.2) is 139 Å². The zero-order chi connectivity index (χ0) is 43.2. The van der Waals surface area contributed by atoms with Crippen molar-refractivity contribution in [3.8, 4) is 0 Å². The zero-order valence-electron chi connectivity index (χ0n) is 33.9. The number of carbonyl (C=O) groups excluding carboxylic acids is 7. The Morgan fingerprint density at radius 2 is 1.67 bits per heavy atom. The number of imide groups is 1. The first-order chi connectivity index (χ1) is 28.6. The maximum atomic E-state index is 13.8. The highest BCUT2D eigenvalue weighted by atomic mass is 16.6. The number of hydrogen-bond acceptors (Lipinski definition) is 14. The van der Waals surface area contributed by atoms with Crippen molar-refractivity contribution >= 4 is 41.4 Å². The largest absolute Gasteiger partial charge is 0.463 e. The van der Waals surface area contributed by atoms with Crippen molar-refractivity contribution in [2.75, 3.05) is 46.2 Å². The Morgan fingerprint density at radius 1 is 0.983 bits per heavy atom. The lowest BCUT2D eigenvalue weighted by Gasteiger charge is -2.58. The second-order valence-corrected chi connectivity index (χ2v) is 16.3. The van der Waals surface area contributed by atoms with Crippen LogP contribution in [0.2, 0.25) is 0 Å². The number of carbonyl (C=O) groups is 7. The van der Waals surface area contributed by atoms with Gasteiger partial charge in [-0.05, 0) is 37.7 Å². The van der Waals surface area contributed by atoms with Gasteiger partial charge in [0.25, 0.3) is 11.8 Å². The van der Waals surface area contributed by atoms with Crippen molar-refractivity contribution in [3.05, 3.63) is 59.7 Å². The third-order valence-corrected chi connectivity index (χ3v) is 12.6. The number of rotatable bonds is 20. The lowest BCUT2D eigenvalue weighted by atomic mass is 9.51. The predicted molar refractivity (Wildman–Crippen MR) is 208 cm³/mol. The van der Waals surface area contributed by atoms with Crippen LogP contribution in [0.3, 0.4) is 0 Å². The van der Waals surface area contributed by atoms with Crippen molar-refractivity contribution < 1.29 is 62.7 Å². The van der Waals surface area contributed by atoms with Crippen molar-refractivity contribution in [1.82, 2.24) is 31.7 Å². The first-order valence-electron chi connectivity index (χ1n) is 20.1. The summed E-state index contributed by atoms with van der Waals surface area (Å²) < 4.78 is 24.4. The van der Waals surface area contributed by atoms with E-state index in [1.807, 2.05) is 13.8 Å². The molecule has 1 spiro atoms. The van der Waals surface area contributed by atoms with Crippen LogP contribution in [-0.2, 0) is 58.9 Å². The average Bonchev–Trinajstić information content (AvgIpc) is 3.94. The molecule has 1 saturated carbocycles. The molecule has 3 heterocycles. The molecule has 0 aromatic heterocycles. The monoisotopic (exact) mass is 838 g/mol. The molecule has 5 aliphatic rings. The second kappa shape index (κ2) is 18.7. The van der Waals surface area contributed by atoms with Gasteiger partial charge < -0.3 is 50.4 Å². The van der Waals surface area contributed by atoms with Gasteiger partial charge in [-0.3, -0.25) is 28.8 Å². The molecule has 3 aliphatic heterocycles. The number of esters is 1. The van der Waals surface area contributed by atoms with E-state index in [0.717, 1.165) is 24.1 Å². The van der Waals surface area contributed by atoms with Gasteiger partial charge in [0.2, 0.25) is 23.6 Å². The summed E-state index contributed by atoms with van der Waals surface area (Å²) in [5, 5.41) is 31.7. The molecule has 19 nitrogen and oxygen atoms in total. The highest BCUT2D eigenvalue weighted by molar-refractivity contribution is 6.12. The molecule has 3 fully saturated rings. The Hall–Kier alpha value is -5.05. The third kappa shape index (κ3) is 9.15. The van der Waals surface area contributed by atoms with Crippen molar-refractivity contribution in [1.29, 1.82) is 0 Å². The van der Waals surface area contributed by atoms with Crippen molar-refractivity contribution in [2.45, 2.75) is 88.9 Å². The SMILES string of the molecule is CC1=CC2O[C@@H]3C[C@@H](O)[C@](C)([C@@]2(COC(=O)[C@@H](OCNC(=O)CNC(=O)[C@H](Cc2ccccc2)NC(=O)CNC(=O)CNN2C(=O)C=CC2=O)[C@H](C)CCO)CC1)[C@]31CO1. The minimum atomic E-state index is -1.18. The van der Waals surface area contributed by atoms with E-state index in [9.17, 15) is 43.8 Å². The number of nitrogens with zero attached hydrogens (tertiary/aromatic N) is 1. The van der Waals surface area contributed by atoms with Gasteiger partial charge in [-0.25, -0.2) is 15.2 Å². The summed E-state index contributed by atoms with van der Waals surface area (Å²) in [6.45, 7) is 3.93. The van der Waals surface area contributed by atoms with Gasteiger partial charge in [-0.15, -0.1) is 0 Å². The topological polar surface area (TPSA) is 264 Å². The zero-order valence-corrected chi connectivity index (χ0v) is 33.9. The van der Waals surface area contributed by atoms with Crippen LogP contribution in [0.1, 0.15) is 52.0 Å². The van der Waals surface area contributed by atoms with E-state index < -0.39 is 114 Å². The second-order valence-electron chi connectivity index (χ2n) is 16.3. The number of allylic oxidation sites excluding steroid dienone is 1. The van der Waals surface area contributed by atoms with Crippen LogP contribution in [0.4, 0.5) is 0 Å². The van der Waals surface area contributed by atoms with Crippen LogP contribution >= 0.6 is 0 Å². The highest BCUT2D eigenvalue weighted by Crippen LogP contribution is 2.71. The molecule has 19 heteroatoms. The number of aliphatic hydroxyl groups is 2. The minimum absolute atomic E-state index is 0.0497. The lowest BCUT2D eigenvalue weighted by Crippen LogP contribution is -2.66. The average molecular weight is 839 g/mol. The Kier molecular flexibility index (Phi) is 13.9. The van der Waals surface area contributed by atoms with E-state index >= 15 is 0 Å². The number of benzene rings is 1. The normalized spacial score (nSPS) is 28.9. The van der Waals surface area contributed by atoms with Crippen LogP contribution in [0, 0.1) is 16.7 Å². The summed E-state index contributed by atoms with van der Waals surface area (Å²) in [6, 6.07) is 7.63. The van der Waals surface area contributed by atoms with E-state index in [0.29, 0.717) is 30.0 Å². The van der Waals surface area contributed by atoms with Crippen molar-refractivity contribution in [3.63, 3.8) is 0 Å². The molecule has 326 valence electrons. The molecular formula is C41H54N6O13. The molecular weight excluding hydrogens is 784 g/mol. The van der Waals surface area contributed by atoms with Gasteiger partial charge >= 0.3 is 5.97 Å². The molecule has 7 N–H and O–H groups in total. The molecule has 0 radical (unpaired) electrons. The van der Waals surface area contributed by atoms with Crippen LogP contribution in [0.15, 0.2) is 54.1 Å². The van der Waals surface area contributed by atoms with Crippen LogP contribution in [0.25, 0.3) is 0 Å². The fourth-order valence-electron chi connectivity index (χ4n) is 8.92. The van der Waals surface area contributed by atoms with Crippen molar-refractivity contribution in [2.24, 2.45) is 16.7 Å². The molecule has 9 atom stereocenters. The highest BCUT2D eigenvalue weighted by Gasteiger charge is 2.82. The number of hydrazine groups is 1.